The van der Waals surface area contributed by atoms with Crippen molar-refractivity contribution in [3.05, 3.63) is 5.82 Å². The Hall–Kier alpha value is -0.680. The van der Waals surface area contributed by atoms with Gasteiger partial charge in [0.25, 0.3) is 0 Å². The van der Waals surface area contributed by atoms with E-state index in [4.69, 9.17) is 4.74 Å². The second kappa shape index (κ2) is 4.45. The number of hydrogen-bond donors (Lipinski definition) is 1. The average Bonchev–Trinajstić information content (AvgIpc) is 2.91. The van der Waals surface area contributed by atoms with Crippen molar-refractivity contribution < 1.29 is 4.74 Å². The summed E-state index contributed by atoms with van der Waals surface area (Å²) in [5.74, 6) is 0.770. The van der Waals surface area contributed by atoms with E-state index in [1.165, 1.54) is 30.8 Å². The fourth-order valence-corrected chi connectivity index (χ4v) is 2.18. The number of nitrogens with one attached hydrogen (secondary N) is 1. The van der Waals surface area contributed by atoms with Gasteiger partial charge in [-0.15, -0.1) is 0 Å². The van der Waals surface area contributed by atoms with E-state index in [-0.39, 0.29) is 0 Å². The molecule has 1 saturated carbocycles. The molecule has 5 heteroatoms. The molecule has 0 radical (unpaired) electrons. The first-order chi connectivity index (χ1) is 7.28. The summed E-state index contributed by atoms with van der Waals surface area (Å²) >= 11 is 1.42. The van der Waals surface area contributed by atoms with Crippen LogP contribution < -0.4 is 5.32 Å². The van der Waals surface area contributed by atoms with Crippen LogP contribution in [-0.4, -0.2) is 23.0 Å². The molecule has 0 atom stereocenters. The number of methoxy groups -OCH3 is 1. The third-order valence-corrected chi connectivity index (χ3v) is 3.77. The van der Waals surface area contributed by atoms with Crippen LogP contribution in [0.15, 0.2) is 0 Å². The molecule has 0 spiro atoms. The molecule has 0 bridgehead atoms. The molecule has 4 nitrogen and oxygen atoms in total. The van der Waals surface area contributed by atoms with Crippen molar-refractivity contribution in [2.75, 3.05) is 19.0 Å². The van der Waals surface area contributed by atoms with Crippen LogP contribution in [0.25, 0.3) is 0 Å². The second-order valence-corrected chi connectivity index (χ2v) is 4.91. The standard InChI is InChI=1S/C10H17N3OS/c1-3-10(4-5-10)7-11-9-12-8(6-14-2)13-15-9/h3-7H2,1-2H3,(H,11,12,13). The third kappa shape index (κ3) is 2.66. The van der Waals surface area contributed by atoms with Crippen molar-refractivity contribution in [3.63, 3.8) is 0 Å². The molecule has 0 amide bonds. The molecule has 0 unspecified atom stereocenters. The first-order valence-corrected chi connectivity index (χ1v) is 6.11. The smallest absolute Gasteiger partial charge is 0.202 e. The van der Waals surface area contributed by atoms with Crippen molar-refractivity contribution >= 4 is 16.7 Å². The zero-order valence-corrected chi connectivity index (χ0v) is 10.1. The fourth-order valence-electron chi connectivity index (χ4n) is 1.61. The highest BCUT2D eigenvalue weighted by Gasteiger charge is 2.40. The molecule has 0 aromatic carbocycles. The molecule has 0 saturated heterocycles. The quantitative estimate of drug-likeness (QED) is 0.810. The topological polar surface area (TPSA) is 47.0 Å². The molecule has 2 rings (SSSR count). The SMILES string of the molecule is CCC1(CNc2nc(COC)ns2)CC1. The summed E-state index contributed by atoms with van der Waals surface area (Å²) in [6, 6.07) is 0. The van der Waals surface area contributed by atoms with Gasteiger partial charge in [0.2, 0.25) is 5.13 Å². The number of hydrogen-bond acceptors (Lipinski definition) is 5. The van der Waals surface area contributed by atoms with E-state index in [1.807, 2.05) is 0 Å². The Bertz CT molecular complexity index is 322. The van der Waals surface area contributed by atoms with Gasteiger partial charge in [0.15, 0.2) is 5.82 Å². The fraction of sp³-hybridized carbons (Fsp3) is 0.800. The van der Waals surface area contributed by atoms with Crippen LogP contribution in [0.3, 0.4) is 0 Å². The van der Waals surface area contributed by atoms with Crippen molar-refractivity contribution in [3.8, 4) is 0 Å². The summed E-state index contributed by atoms with van der Waals surface area (Å²) in [6.45, 7) is 3.79. The normalized spacial score (nSPS) is 17.7. The predicted octanol–water partition coefficient (Wildman–Crippen LogP) is 2.29. The Kier molecular flexibility index (Phi) is 3.21. The molecule has 1 fully saturated rings. The lowest BCUT2D eigenvalue weighted by Gasteiger charge is -2.11. The lowest BCUT2D eigenvalue weighted by atomic mass is 10.0. The van der Waals surface area contributed by atoms with Crippen LogP contribution in [0.4, 0.5) is 5.13 Å². The van der Waals surface area contributed by atoms with Crippen LogP contribution in [0.1, 0.15) is 32.0 Å². The number of anilines is 1. The van der Waals surface area contributed by atoms with Gasteiger partial charge in [0.1, 0.15) is 6.61 Å². The number of ether oxygens (including phenoxy) is 1. The van der Waals surface area contributed by atoms with Gasteiger partial charge in [0, 0.05) is 25.2 Å². The van der Waals surface area contributed by atoms with Crippen molar-refractivity contribution in [2.24, 2.45) is 5.41 Å². The van der Waals surface area contributed by atoms with E-state index in [2.05, 4.69) is 21.6 Å². The minimum Gasteiger partial charge on any atom is -0.377 e. The molecule has 0 aliphatic heterocycles. The summed E-state index contributed by atoms with van der Waals surface area (Å²) in [7, 11) is 1.66. The van der Waals surface area contributed by atoms with Gasteiger partial charge in [-0.3, -0.25) is 0 Å². The molecule has 1 heterocycles. The van der Waals surface area contributed by atoms with Crippen LogP contribution in [0.2, 0.25) is 0 Å². The minimum atomic E-state index is 0.497. The van der Waals surface area contributed by atoms with E-state index < -0.39 is 0 Å². The van der Waals surface area contributed by atoms with Gasteiger partial charge in [-0.25, -0.2) is 4.98 Å². The van der Waals surface area contributed by atoms with E-state index in [0.29, 0.717) is 12.0 Å². The molecule has 84 valence electrons. The molecule has 1 aromatic rings. The van der Waals surface area contributed by atoms with Gasteiger partial charge < -0.3 is 10.1 Å². The van der Waals surface area contributed by atoms with Crippen LogP contribution in [-0.2, 0) is 11.3 Å². The average molecular weight is 227 g/mol. The van der Waals surface area contributed by atoms with Gasteiger partial charge in [0.05, 0.1) is 0 Å². The highest BCUT2D eigenvalue weighted by molar-refractivity contribution is 7.09. The summed E-state index contributed by atoms with van der Waals surface area (Å²) in [5, 5.41) is 4.28. The Labute approximate surface area is 94.2 Å². The molecule has 15 heavy (non-hydrogen) atoms. The molecular formula is C10H17N3OS. The van der Waals surface area contributed by atoms with Crippen molar-refractivity contribution in [1.29, 1.82) is 0 Å². The maximum atomic E-state index is 4.97. The first-order valence-electron chi connectivity index (χ1n) is 5.33. The summed E-state index contributed by atoms with van der Waals surface area (Å²) in [5.41, 5.74) is 0.549. The van der Waals surface area contributed by atoms with E-state index in [9.17, 15) is 0 Å². The Balaban J connectivity index is 1.83. The number of nitrogens with zero attached hydrogens (tertiary/aromatic N) is 2. The summed E-state index contributed by atoms with van der Waals surface area (Å²) in [4.78, 5) is 4.34. The molecule has 1 aliphatic carbocycles. The number of aromatic nitrogens is 2. The summed E-state index contributed by atoms with van der Waals surface area (Å²) < 4.78 is 9.17. The van der Waals surface area contributed by atoms with Gasteiger partial charge in [-0.2, -0.15) is 4.37 Å². The highest BCUT2D eigenvalue weighted by atomic mass is 32.1. The van der Waals surface area contributed by atoms with E-state index in [1.54, 1.807) is 7.11 Å². The molecule has 1 aliphatic rings. The zero-order valence-electron chi connectivity index (χ0n) is 9.25. The van der Waals surface area contributed by atoms with Gasteiger partial charge in [-0.1, -0.05) is 6.92 Å². The van der Waals surface area contributed by atoms with Crippen molar-refractivity contribution in [2.45, 2.75) is 32.8 Å². The van der Waals surface area contributed by atoms with E-state index >= 15 is 0 Å². The van der Waals surface area contributed by atoms with Crippen LogP contribution in [0, 0.1) is 5.41 Å². The number of rotatable bonds is 6. The lowest BCUT2D eigenvalue weighted by Crippen LogP contribution is -2.14. The molecular weight excluding hydrogens is 210 g/mol. The van der Waals surface area contributed by atoms with Gasteiger partial charge >= 0.3 is 0 Å². The Morgan fingerprint density at radius 1 is 1.53 bits per heavy atom. The lowest BCUT2D eigenvalue weighted by molar-refractivity contribution is 0.179. The molecule has 1 N–H and O–H groups in total. The van der Waals surface area contributed by atoms with Crippen LogP contribution >= 0.6 is 11.5 Å². The Morgan fingerprint density at radius 2 is 2.33 bits per heavy atom. The maximum absolute atomic E-state index is 4.97. The maximum Gasteiger partial charge on any atom is 0.202 e. The third-order valence-electron chi connectivity index (χ3n) is 3.06. The largest absolute Gasteiger partial charge is 0.377 e. The first kappa shape index (κ1) is 10.8. The van der Waals surface area contributed by atoms with Gasteiger partial charge in [-0.05, 0) is 24.7 Å². The minimum absolute atomic E-state index is 0.497. The highest BCUT2D eigenvalue weighted by Crippen LogP contribution is 2.48. The molecule has 1 aromatic heterocycles. The summed E-state index contributed by atoms with van der Waals surface area (Å²) in [6.07, 6.45) is 3.95. The monoisotopic (exact) mass is 227 g/mol. The van der Waals surface area contributed by atoms with Crippen molar-refractivity contribution in [1.82, 2.24) is 9.36 Å². The van der Waals surface area contributed by atoms with Crippen LogP contribution in [0.5, 0.6) is 0 Å². The Morgan fingerprint density at radius 3 is 2.93 bits per heavy atom. The second-order valence-electron chi connectivity index (χ2n) is 4.16. The predicted molar refractivity (Wildman–Crippen MR) is 61.1 cm³/mol. The zero-order chi connectivity index (χ0) is 10.7. The van der Waals surface area contributed by atoms with E-state index in [0.717, 1.165) is 17.5 Å².